The van der Waals surface area contributed by atoms with Crippen molar-refractivity contribution in [2.45, 2.75) is 71.0 Å². The Morgan fingerprint density at radius 1 is 0.701 bits per heavy atom. The van der Waals surface area contributed by atoms with Crippen LogP contribution in [-0.4, -0.2) is 102 Å². The molecular formula is C60H52F6N12O7S2. The Hall–Kier alpha value is -9.50. The van der Waals surface area contributed by atoms with Crippen molar-refractivity contribution < 1.29 is 59.7 Å². The summed E-state index contributed by atoms with van der Waals surface area (Å²) in [6.07, 6.45) is -5.42. The number of alkyl halides is 6. The Kier molecular flexibility index (Phi) is 17.8. The summed E-state index contributed by atoms with van der Waals surface area (Å²) in [5, 5.41) is 14.0. The van der Waals surface area contributed by atoms with Gasteiger partial charge in [0.25, 0.3) is 5.91 Å². The molecule has 0 spiro atoms. The van der Waals surface area contributed by atoms with Crippen molar-refractivity contribution in [3.8, 4) is 51.4 Å². The van der Waals surface area contributed by atoms with Crippen LogP contribution in [-0.2, 0) is 28.9 Å². The van der Waals surface area contributed by atoms with Crippen LogP contribution in [0.4, 0.5) is 47.3 Å². The Morgan fingerprint density at radius 2 is 1.25 bits per heavy atom. The molecule has 4 heterocycles. The van der Waals surface area contributed by atoms with Gasteiger partial charge in [-0.1, -0.05) is 91.1 Å². The first kappa shape index (κ1) is 60.6. The lowest BCUT2D eigenvalue weighted by molar-refractivity contribution is -0.275. The number of amidine groups is 2. The van der Waals surface area contributed by atoms with Gasteiger partial charge in [-0.15, -0.1) is 36.5 Å². The average Bonchev–Trinajstić information content (AvgIpc) is 1.77. The number of hydrogen-bond acceptors (Lipinski definition) is 13. The Bertz CT molecular complexity index is 3930. The number of hydrogen-bond donors (Lipinski definition) is 2. The number of nitrogens with one attached hydrogen (secondary N) is 2. The van der Waals surface area contributed by atoms with Crippen LogP contribution >= 0.6 is 23.5 Å². The number of amides is 6. The molecule has 0 radical (unpaired) electrons. The molecule has 448 valence electrons. The second-order valence-electron chi connectivity index (χ2n) is 19.8. The average molecular weight is 1230 g/mol. The molecule has 2 N–H and O–H groups in total. The number of ether oxygens (including phenoxy) is 3. The summed E-state index contributed by atoms with van der Waals surface area (Å²) in [5.41, 5.74) is 7.62. The van der Waals surface area contributed by atoms with Crippen LogP contribution in [0.5, 0.6) is 17.2 Å². The van der Waals surface area contributed by atoms with Crippen molar-refractivity contribution >= 4 is 69.1 Å². The van der Waals surface area contributed by atoms with Gasteiger partial charge in [-0.05, 0) is 140 Å². The quantitative estimate of drug-likeness (QED) is 0.0813. The zero-order valence-corrected chi connectivity index (χ0v) is 48.5. The summed E-state index contributed by atoms with van der Waals surface area (Å²) >= 11 is 2.20. The molecule has 2 aromatic heterocycles. The van der Waals surface area contributed by atoms with Crippen molar-refractivity contribution in [1.29, 1.82) is 0 Å². The van der Waals surface area contributed by atoms with Crippen LogP contribution in [0, 0.1) is 13.8 Å². The highest BCUT2D eigenvalue weighted by Crippen LogP contribution is 2.47. The lowest BCUT2D eigenvalue weighted by Crippen LogP contribution is -2.36. The molecule has 2 aliphatic heterocycles. The van der Waals surface area contributed by atoms with E-state index in [4.69, 9.17) is 4.74 Å². The minimum absolute atomic E-state index is 0.00963. The van der Waals surface area contributed by atoms with Gasteiger partial charge in [0.2, 0.25) is 5.91 Å². The minimum atomic E-state index is -4.81. The third kappa shape index (κ3) is 14.4. The van der Waals surface area contributed by atoms with E-state index in [0.29, 0.717) is 87.2 Å². The number of methoxy groups -OCH3 is 1. The Morgan fingerprint density at radius 3 is 1.79 bits per heavy atom. The smallest absolute Gasteiger partial charge is 0.497 e. The molecule has 87 heavy (non-hydrogen) atoms. The van der Waals surface area contributed by atoms with Crippen LogP contribution in [0.3, 0.4) is 0 Å². The van der Waals surface area contributed by atoms with Gasteiger partial charge in [-0.25, -0.2) is 28.9 Å². The van der Waals surface area contributed by atoms with Crippen LogP contribution in [0.1, 0.15) is 52.5 Å². The molecule has 0 bridgehead atoms. The second kappa shape index (κ2) is 25.6. The topological polar surface area (TPSA) is 213 Å². The molecule has 6 amide bonds. The highest BCUT2D eigenvalue weighted by Gasteiger charge is 2.43. The summed E-state index contributed by atoms with van der Waals surface area (Å²) in [6.45, 7) is 7.56. The number of benzene rings is 6. The molecule has 2 atom stereocenters. The van der Waals surface area contributed by atoms with Crippen molar-refractivity contribution in [2.24, 2.45) is 9.98 Å². The summed E-state index contributed by atoms with van der Waals surface area (Å²) in [4.78, 5) is 76.5. The van der Waals surface area contributed by atoms with Gasteiger partial charge in [0, 0.05) is 23.7 Å². The zero-order chi connectivity index (χ0) is 61.7. The third-order valence-corrected chi connectivity index (χ3v) is 15.9. The number of halogens is 6. The van der Waals surface area contributed by atoms with E-state index in [2.05, 4.69) is 50.3 Å². The molecule has 2 fully saturated rings. The molecule has 19 nitrogen and oxygen atoms in total. The highest BCUT2D eigenvalue weighted by molar-refractivity contribution is 8.16. The molecule has 27 heteroatoms. The molecule has 8 aromatic rings. The van der Waals surface area contributed by atoms with Crippen molar-refractivity contribution in [3.05, 3.63) is 173 Å². The van der Waals surface area contributed by atoms with Gasteiger partial charge in [0.1, 0.15) is 35.2 Å². The maximum absolute atomic E-state index is 14.9. The van der Waals surface area contributed by atoms with Crippen molar-refractivity contribution in [1.82, 2.24) is 40.2 Å². The number of urea groups is 2. The Labute approximate surface area is 501 Å². The fourth-order valence-corrected chi connectivity index (χ4v) is 11.7. The summed E-state index contributed by atoms with van der Waals surface area (Å²) < 4.78 is 92.0. The van der Waals surface area contributed by atoms with E-state index in [1.807, 2.05) is 88.4 Å². The number of thioether (sulfide) groups is 2. The lowest BCUT2D eigenvalue weighted by Gasteiger charge is -2.25. The monoisotopic (exact) mass is 1230 g/mol. The normalized spacial score (nSPS) is 15.8. The summed E-state index contributed by atoms with van der Waals surface area (Å²) in [5.74, 6) is -0.0927. The number of carbonyl (C=O) groups excluding carboxylic acids is 4. The van der Waals surface area contributed by atoms with Gasteiger partial charge in [-0.3, -0.25) is 19.4 Å². The summed E-state index contributed by atoms with van der Waals surface area (Å²) in [6, 6.07) is 32.2. The molecule has 0 saturated carbocycles. The maximum atomic E-state index is 14.9. The standard InChI is InChI=1S/C60H52F6N12O7S2/c1-6-39-15-25-47(36(4)50(39)78-49(79)31-86-57(78)72-56(82)70-35(3)30-38-9-13-41(14-10-38)53-69-33-76(74-53)43-18-22-45(23-19-43)85-60(64,65)66)51-54(80)77(48-26-24-46(83-5)29-34(48)2)58(87-51)71-55(81)67-28-27-37-7-11-40(12-8-37)52-68-32-75(73-52)42-16-20-44(21-17-42)84-59(61,62)63/h7-26,29,32-33,35,51H,6,27-28,30-31H2,1-5H3,(H,67,81)(H,70,82)/b71-58-,72-57-. The number of carbonyl (C=O) groups is 4. The van der Waals surface area contributed by atoms with Gasteiger partial charge < -0.3 is 24.8 Å². The lowest BCUT2D eigenvalue weighted by atomic mass is 9.96. The second-order valence-corrected chi connectivity index (χ2v) is 21.8. The van der Waals surface area contributed by atoms with Crippen molar-refractivity contribution in [2.75, 3.05) is 29.2 Å². The van der Waals surface area contributed by atoms with Gasteiger partial charge in [0.05, 0.1) is 35.6 Å². The predicted octanol–water partition coefficient (Wildman–Crippen LogP) is 12.1. The fraction of sp³-hybridized carbons (Fsp3) is 0.233. The number of nitrogens with zero attached hydrogens (tertiary/aromatic N) is 10. The van der Waals surface area contributed by atoms with E-state index < -0.39 is 36.1 Å². The number of rotatable bonds is 17. The van der Waals surface area contributed by atoms with Crippen LogP contribution in [0.2, 0.25) is 0 Å². The van der Waals surface area contributed by atoms with Gasteiger partial charge in [-0.2, -0.15) is 9.98 Å². The highest BCUT2D eigenvalue weighted by atomic mass is 32.2. The van der Waals surface area contributed by atoms with E-state index in [9.17, 15) is 45.5 Å². The molecule has 2 aliphatic rings. The van der Waals surface area contributed by atoms with E-state index >= 15 is 0 Å². The first-order valence-corrected chi connectivity index (χ1v) is 28.7. The predicted molar refractivity (Wildman–Crippen MR) is 317 cm³/mol. The number of aliphatic imine (C=N–C) groups is 2. The summed E-state index contributed by atoms with van der Waals surface area (Å²) in [7, 11) is 1.53. The molecule has 0 aliphatic carbocycles. The van der Waals surface area contributed by atoms with Crippen LogP contribution in [0.15, 0.2) is 150 Å². The van der Waals surface area contributed by atoms with Crippen LogP contribution < -0.4 is 34.6 Å². The molecular weight excluding hydrogens is 1180 g/mol. The fourth-order valence-electron chi connectivity index (χ4n) is 9.66. The van der Waals surface area contributed by atoms with Crippen molar-refractivity contribution in [3.63, 3.8) is 0 Å². The van der Waals surface area contributed by atoms with E-state index in [1.165, 1.54) is 87.5 Å². The zero-order valence-electron chi connectivity index (χ0n) is 46.9. The van der Waals surface area contributed by atoms with Crippen LogP contribution in [0.25, 0.3) is 34.2 Å². The molecule has 2 saturated heterocycles. The maximum Gasteiger partial charge on any atom is 0.573 e. The van der Waals surface area contributed by atoms with Gasteiger partial charge >= 0.3 is 24.8 Å². The largest absolute Gasteiger partial charge is 0.573 e. The third-order valence-electron chi connectivity index (χ3n) is 13.8. The van der Waals surface area contributed by atoms with E-state index in [-0.39, 0.29) is 45.9 Å². The van der Waals surface area contributed by atoms with E-state index in [1.54, 1.807) is 18.2 Å². The number of aromatic nitrogens is 6. The molecule has 10 rings (SSSR count). The van der Waals surface area contributed by atoms with Gasteiger partial charge in [0.15, 0.2) is 22.0 Å². The first-order chi connectivity index (χ1) is 41.6. The molecule has 2 unspecified atom stereocenters. The molecule has 6 aromatic carbocycles. The first-order valence-electron chi connectivity index (χ1n) is 26.8. The Balaban J connectivity index is 0.802. The number of anilines is 2. The number of aryl methyl sites for hydroxylation is 2. The SMILES string of the molecule is CCc1ccc(C2S/C(=N\C(=O)NCCc3ccc(-c4ncn(-c5ccc(OC(F)(F)F)cc5)n4)cc3)N(c3ccc(OC)cc3C)C2=O)c(C)c1N1C(=O)CS/C1=N\C(=O)NC(C)Cc1ccc(-c2ncn(-c3ccc(OC(F)(F)F)cc3)n2)cc1. The van der Waals surface area contributed by atoms with E-state index in [0.717, 1.165) is 40.2 Å². The minimum Gasteiger partial charge on any atom is -0.497 e.